The van der Waals surface area contributed by atoms with Crippen LogP contribution in [-0.4, -0.2) is 70.3 Å². The number of anilines is 1. The molecule has 1 fully saturated rings. The van der Waals surface area contributed by atoms with Crippen LogP contribution in [0.5, 0.6) is 0 Å². The topological polar surface area (TPSA) is 73.0 Å². The van der Waals surface area contributed by atoms with Crippen LogP contribution in [0.4, 0.5) is 5.69 Å². The number of benzene rings is 1. The molecule has 0 aliphatic carbocycles. The number of nitrogens with zero attached hydrogens (tertiary/aromatic N) is 3. The van der Waals surface area contributed by atoms with E-state index in [9.17, 15) is 13.2 Å². The largest absolute Gasteiger partial charge is 0.353 e. The first kappa shape index (κ1) is 20.7. The summed E-state index contributed by atoms with van der Waals surface area (Å²) >= 11 is 0. The van der Waals surface area contributed by atoms with Crippen LogP contribution in [0, 0.1) is 0 Å². The van der Waals surface area contributed by atoms with Crippen LogP contribution in [0.1, 0.15) is 25.7 Å². The summed E-state index contributed by atoms with van der Waals surface area (Å²) in [6.07, 6.45) is 4.96. The molecule has 1 saturated heterocycles. The molecule has 0 radical (unpaired) electrons. The number of amides is 1. The number of para-hydroxylation sites is 1. The predicted molar refractivity (Wildman–Crippen MR) is 104 cm³/mol. The second kappa shape index (κ2) is 9.89. The highest BCUT2D eigenvalue weighted by molar-refractivity contribution is 7.90. The van der Waals surface area contributed by atoms with Crippen LogP contribution in [-0.2, 0) is 15.0 Å². The number of hydrogen-bond acceptors (Lipinski definition) is 4. The summed E-state index contributed by atoms with van der Waals surface area (Å²) in [5.74, 6) is -0.297. The van der Waals surface area contributed by atoms with E-state index in [-0.39, 0.29) is 12.5 Å². The van der Waals surface area contributed by atoms with Gasteiger partial charge in [0.05, 0.1) is 5.69 Å². The van der Waals surface area contributed by atoms with Gasteiger partial charge in [0.1, 0.15) is 6.54 Å². The number of carbonyl (C=O) groups excluding carboxylic acids is 1. The Bertz CT molecular complexity index is 656. The molecule has 146 valence electrons. The SMILES string of the molecule is CN(C)S(=O)(=O)N(CC(=O)NCCN1CCCCCC1)c1ccccc1. The molecule has 7 nitrogen and oxygen atoms in total. The second-order valence-electron chi connectivity index (χ2n) is 6.74. The van der Waals surface area contributed by atoms with Crippen LogP contribution in [0.25, 0.3) is 0 Å². The molecular weight excluding hydrogens is 352 g/mol. The molecule has 0 spiro atoms. The second-order valence-corrected chi connectivity index (χ2v) is 8.80. The van der Waals surface area contributed by atoms with Crippen molar-refractivity contribution in [2.75, 3.05) is 51.1 Å². The van der Waals surface area contributed by atoms with E-state index in [0.717, 1.165) is 28.2 Å². The highest BCUT2D eigenvalue weighted by Gasteiger charge is 2.27. The van der Waals surface area contributed by atoms with Crippen molar-refractivity contribution in [2.24, 2.45) is 0 Å². The maximum atomic E-state index is 12.6. The molecule has 1 amide bonds. The molecule has 1 aliphatic heterocycles. The summed E-state index contributed by atoms with van der Waals surface area (Å²) in [6.45, 7) is 3.24. The molecule has 0 atom stereocenters. The van der Waals surface area contributed by atoms with Crippen LogP contribution < -0.4 is 9.62 Å². The number of rotatable bonds is 8. The average molecular weight is 383 g/mol. The van der Waals surface area contributed by atoms with Gasteiger partial charge in [-0.3, -0.25) is 4.79 Å². The van der Waals surface area contributed by atoms with Crippen LogP contribution in [0.15, 0.2) is 30.3 Å². The van der Waals surface area contributed by atoms with Gasteiger partial charge in [-0.25, -0.2) is 4.31 Å². The third-order valence-electron chi connectivity index (χ3n) is 4.52. The van der Waals surface area contributed by atoms with Gasteiger partial charge >= 0.3 is 10.2 Å². The Balaban J connectivity index is 1.94. The maximum Gasteiger partial charge on any atom is 0.304 e. The lowest BCUT2D eigenvalue weighted by Gasteiger charge is -2.27. The fraction of sp³-hybridized carbons (Fsp3) is 0.611. The highest BCUT2D eigenvalue weighted by atomic mass is 32.2. The van der Waals surface area contributed by atoms with E-state index < -0.39 is 10.2 Å². The van der Waals surface area contributed by atoms with Gasteiger partial charge in [0.25, 0.3) is 0 Å². The molecule has 8 heteroatoms. The van der Waals surface area contributed by atoms with E-state index in [4.69, 9.17) is 0 Å². The maximum absolute atomic E-state index is 12.6. The molecule has 0 bridgehead atoms. The van der Waals surface area contributed by atoms with Gasteiger partial charge in [-0.15, -0.1) is 0 Å². The zero-order valence-electron chi connectivity index (χ0n) is 15.7. The van der Waals surface area contributed by atoms with Crippen molar-refractivity contribution in [3.8, 4) is 0 Å². The van der Waals surface area contributed by atoms with Gasteiger partial charge in [0, 0.05) is 27.2 Å². The van der Waals surface area contributed by atoms with Crippen molar-refractivity contribution in [3.63, 3.8) is 0 Å². The standard InChI is InChI=1S/C18H30N4O3S/c1-20(2)26(24,25)22(17-10-6-5-7-11-17)16-18(23)19-12-15-21-13-8-3-4-9-14-21/h5-7,10-11H,3-4,8-9,12-16H2,1-2H3,(H,19,23). The van der Waals surface area contributed by atoms with Crippen LogP contribution in [0.3, 0.4) is 0 Å². The van der Waals surface area contributed by atoms with E-state index in [0.29, 0.717) is 12.2 Å². The van der Waals surface area contributed by atoms with Gasteiger partial charge in [0.15, 0.2) is 0 Å². The molecule has 0 saturated carbocycles. The van der Waals surface area contributed by atoms with Crippen molar-refractivity contribution < 1.29 is 13.2 Å². The van der Waals surface area contributed by atoms with Gasteiger partial charge < -0.3 is 10.2 Å². The summed E-state index contributed by atoms with van der Waals surface area (Å²) in [5, 5.41) is 2.86. The molecule has 0 aromatic heterocycles. The average Bonchev–Trinajstić information content (AvgIpc) is 2.89. The molecular formula is C18H30N4O3S. The summed E-state index contributed by atoms with van der Waals surface area (Å²) in [7, 11) is -0.820. The summed E-state index contributed by atoms with van der Waals surface area (Å²) in [6, 6.07) is 8.69. The fourth-order valence-corrected chi connectivity index (χ4v) is 4.06. The predicted octanol–water partition coefficient (Wildman–Crippen LogP) is 1.29. The van der Waals surface area contributed by atoms with Crippen LogP contribution in [0.2, 0.25) is 0 Å². The first-order valence-corrected chi connectivity index (χ1v) is 10.6. The minimum Gasteiger partial charge on any atom is -0.353 e. The Labute approximate surface area is 157 Å². The Morgan fingerprint density at radius 1 is 1.08 bits per heavy atom. The molecule has 1 heterocycles. The molecule has 1 aromatic rings. The summed E-state index contributed by atoms with van der Waals surface area (Å²) < 4.78 is 27.4. The third-order valence-corrected chi connectivity index (χ3v) is 6.34. The van der Waals surface area contributed by atoms with Crippen molar-refractivity contribution in [3.05, 3.63) is 30.3 Å². The van der Waals surface area contributed by atoms with Crippen molar-refractivity contribution in [2.45, 2.75) is 25.7 Å². The lowest BCUT2D eigenvalue weighted by molar-refractivity contribution is -0.119. The van der Waals surface area contributed by atoms with E-state index in [1.807, 2.05) is 6.07 Å². The molecule has 0 unspecified atom stereocenters. The fourth-order valence-electron chi connectivity index (χ4n) is 3.00. The van der Waals surface area contributed by atoms with E-state index >= 15 is 0 Å². The summed E-state index contributed by atoms with van der Waals surface area (Å²) in [4.78, 5) is 14.7. The van der Waals surface area contributed by atoms with Gasteiger partial charge in [-0.2, -0.15) is 12.7 Å². The lowest BCUT2D eigenvalue weighted by Crippen LogP contribution is -2.46. The minimum absolute atomic E-state index is 0.232. The number of carbonyl (C=O) groups is 1. The Morgan fingerprint density at radius 2 is 1.69 bits per heavy atom. The van der Waals surface area contributed by atoms with Gasteiger partial charge in [-0.05, 0) is 38.1 Å². The Kier molecular flexibility index (Phi) is 7.86. The van der Waals surface area contributed by atoms with Gasteiger partial charge in [-0.1, -0.05) is 31.0 Å². The quantitative estimate of drug-likeness (QED) is 0.735. The normalized spacial score (nSPS) is 16.3. The van der Waals surface area contributed by atoms with Gasteiger partial charge in [0.2, 0.25) is 5.91 Å². The first-order chi connectivity index (χ1) is 12.4. The van der Waals surface area contributed by atoms with E-state index in [1.165, 1.54) is 39.8 Å². The minimum atomic E-state index is -3.74. The Hall–Kier alpha value is -1.64. The first-order valence-electron chi connectivity index (χ1n) is 9.15. The zero-order chi connectivity index (χ0) is 19.0. The molecule has 26 heavy (non-hydrogen) atoms. The zero-order valence-corrected chi connectivity index (χ0v) is 16.5. The van der Waals surface area contributed by atoms with E-state index in [2.05, 4.69) is 10.2 Å². The molecule has 1 aliphatic rings. The van der Waals surface area contributed by atoms with Crippen molar-refractivity contribution in [1.29, 1.82) is 0 Å². The Morgan fingerprint density at radius 3 is 2.27 bits per heavy atom. The summed E-state index contributed by atoms with van der Waals surface area (Å²) in [5.41, 5.74) is 0.476. The monoisotopic (exact) mass is 382 g/mol. The van der Waals surface area contributed by atoms with Crippen LogP contribution >= 0.6 is 0 Å². The number of nitrogens with one attached hydrogen (secondary N) is 1. The third kappa shape index (κ3) is 5.96. The van der Waals surface area contributed by atoms with Crippen molar-refractivity contribution in [1.82, 2.24) is 14.5 Å². The van der Waals surface area contributed by atoms with E-state index in [1.54, 1.807) is 24.3 Å². The highest BCUT2D eigenvalue weighted by Crippen LogP contribution is 2.18. The number of hydrogen-bond donors (Lipinski definition) is 1. The lowest BCUT2D eigenvalue weighted by atomic mass is 10.2. The molecule has 1 N–H and O–H groups in total. The molecule has 1 aromatic carbocycles. The molecule has 2 rings (SSSR count). The van der Waals surface area contributed by atoms with Crippen molar-refractivity contribution >= 4 is 21.8 Å². The smallest absolute Gasteiger partial charge is 0.304 e. The number of likely N-dealkylation sites (tertiary alicyclic amines) is 1.